The molecule has 0 aromatic carbocycles. The number of carbonyl (C=O) groups excluding carboxylic acids is 1. The first kappa shape index (κ1) is 12.6. The van der Waals surface area contributed by atoms with E-state index in [1.807, 2.05) is 18.0 Å². The van der Waals surface area contributed by atoms with Crippen molar-refractivity contribution >= 4 is 49.1 Å². The molecule has 2 rings (SSSR count). The number of rotatable bonds is 3. The van der Waals surface area contributed by atoms with E-state index in [1.54, 1.807) is 0 Å². The smallest absolute Gasteiger partial charge is 0.255 e. The third kappa shape index (κ3) is 2.68. The lowest BCUT2D eigenvalue weighted by Gasteiger charge is -2.16. The highest BCUT2D eigenvalue weighted by Crippen LogP contribution is 2.38. The van der Waals surface area contributed by atoms with Gasteiger partial charge in [0.15, 0.2) is 0 Å². The Morgan fingerprint density at radius 1 is 1.62 bits per heavy atom. The molecule has 0 spiro atoms. The van der Waals surface area contributed by atoms with E-state index in [0.29, 0.717) is 5.92 Å². The van der Waals surface area contributed by atoms with Crippen LogP contribution in [0.1, 0.15) is 23.7 Å². The van der Waals surface area contributed by atoms with Gasteiger partial charge in [-0.05, 0) is 56.2 Å². The maximum absolute atomic E-state index is 12.1. The maximum Gasteiger partial charge on any atom is 0.255 e. The van der Waals surface area contributed by atoms with Gasteiger partial charge in [-0.25, -0.2) is 0 Å². The Morgan fingerprint density at radius 3 is 2.69 bits per heavy atom. The lowest BCUT2D eigenvalue weighted by molar-refractivity contribution is 0.0787. The van der Waals surface area contributed by atoms with Gasteiger partial charge in [0.2, 0.25) is 0 Å². The van der Waals surface area contributed by atoms with Crippen molar-refractivity contribution < 1.29 is 4.79 Å². The SMILES string of the molecule is CC1CC1CN(C)C(=O)c1cc(Br)sc1Br. The quantitative estimate of drug-likeness (QED) is 0.791. The fourth-order valence-corrected chi connectivity index (χ4v) is 4.56. The minimum Gasteiger partial charge on any atom is -0.341 e. The molecule has 1 saturated carbocycles. The molecule has 1 aromatic rings. The van der Waals surface area contributed by atoms with Gasteiger partial charge in [0, 0.05) is 13.6 Å². The summed E-state index contributed by atoms with van der Waals surface area (Å²) in [5.41, 5.74) is 0.757. The second kappa shape index (κ2) is 4.78. The minimum absolute atomic E-state index is 0.105. The van der Waals surface area contributed by atoms with Crippen LogP contribution in [0.4, 0.5) is 0 Å². The summed E-state index contributed by atoms with van der Waals surface area (Å²) in [6.45, 7) is 3.11. The van der Waals surface area contributed by atoms with Gasteiger partial charge < -0.3 is 4.90 Å². The Balaban J connectivity index is 2.03. The van der Waals surface area contributed by atoms with E-state index in [4.69, 9.17) is 0 Å². The van der Waals surface area contributed by atoms with Crippen LogP contribution in [0.3, 0.4) is 0 Å². The largest absolute Gasteiger partial charge is 0.341 e. The number of nitrogens with zero attached hydrogens (tertiary/aromatic N) is 1. The van der Waals surface area contributed by atoms with Crippen molar-refractivity contribution in [1.29, 1.82) is 0 Å². The molecule has 16 heavy (non-hydrogen) atoms. The molecule has 2 nitrogen and oxygen atoms in total. The van der Waals surface area contributed by atoms with Gasteiger partial charge in [-0.2, -0.15) is 0 Å². The highest BCUT2D eigenvalue weighted by molar-refractivity contribution is 9.12. The van der Waals surface area contributed by atoms with E-state index in [0.717, 1.165) is 25.6 Å². The Bertz CT molecular complexity index is 418. The van der Waals surface area contributed by atoms with Gasteiger partial charge in [0.25, 0.3) is 5.91 Å². The highest BCUT2D eigenvalue weighted by Gasteiger charge is 2.34. The topological polar surface area (TPSA) is 20.3 Å². The molecule has 1 heterocycles. The van der Waals surface area contributed by atoms with Crippen LogP contribution in [0.5, 0.6) is 0 Å². The molecule has 0 saturated heterocycles. The Kier molecular flexibility index (Phi) is 3.76. The summed E-state index contributed by atoms with van der Waals surface area (Å²) in [5, 5.41) is 0. The number of thiophene rings is 1. The van der Waals surface area contributed by atoms with Gasteiger partial charge in [0.1, 0.15) is 0 Å². The predicted molar refractivity (Wildman–Crippen MR) is 74.0 cm³/mol. The molecule has 0 aliphatic heterocycles. The van der Waals surface area contributed by atoms with Crippen LogP contribution in [-0.2, 0) is 0 Å². The molecule has 0 bridgehead atoms. The van der Waals surface area contributed by atoms with Crippen molar-refractivity contribution in [1.82, 2.24) is 4.90 Å². The average Bonchev–Trinajstić information content (AvgIpc) is 2.77. The molecule has 2 atom stereocenters. The first-order valence-electron chi connectivity index (χ1n) is 5.19. The zero-order valence-corrected chi connectivity index (χ0v) is 13.2. The fraction of sp³-hybridized carbons (Fsp3) is 0.545. The molecule has 2 unspecified atom stereocenters. The Hall–Kier alpha value is 0.130. The third-order valence-electron chi connectivity index (χ3n) is 3.02. The molecule has 1 aromatic heterocycles. The Labute approximate surface area is 116 Å². The first-order valence-corrected chi connectivity index (χ1v) is 7.59. The van der Waals surface area contributed by atoms with Crippen LogP contribution in [-0.4, -0.2) is 24.4 Å². The number of carbonyl (C=O) groups is 1. The van der Waals surface area contributed by atoms with E-state index in [1.165, 1.54) is 17.8 Å². The second-order valence-corrected chi connectivity index (χ2v) is 8.15. The van der Waals surface area contributed by atoms with Crippen molar-refractivity contribution in [2.45, 2.75) is 13.3 Å². The van der Waals surface area contributed by atoms with Crippen molar-refractivity contribution in [3.8, 4) is 0 Å². The zero-order chi connectivity index (χ0) is 11.9. The molecule has 1 amide bonds. The first-order chi connectivity index (χ1) is 7.49. The van der Waals surface area contributed by atoms with Crippen LogP contribution in [0.25, 0.3) is 0 Å². The molecular formula is C11H13Br2NOS. The normalized spacial score (nSPS) is 23.2. The molecule has 5 heteroatoms. The van der Waals surface area contributed by atoms with E-state index >= 15 is 0 Å². The summed E-state index contributed by atoms with van der Waals surface area (Å²) in [5.74, 6) is 1.59. The minimum atomic E-state index is 0.105. The van der Waals surface area contributed by atoms with E-state index in [2.05, 4.69) is 38.8 Å². The van der Waals surface area contributed by atoms with E-state index in [9.17, 15) is 4.79 Å². The molecule has 1 fully saturated rings. The van der Waals surface area contributed by atoms with Gasteiger partial charge >= 0.3 is 0 Å². The zero-order valence-electron chi connectivity index (χ0n) is 9.17. The number of hydrogen-bond donors (Lipinski definition) is 0. The molecule has 0 N–H and O–H groups in total. The monoisotopic (exact) mass is 365 g/mol. The van der Waals surface area contributed by atoms with Gasteiger partial charge in [-0.1, -0.05) is 6.92 Å². The summed E-state index contributed by atoms with van der Waals surface area (Å²) >= 11 is 8.35. The van der Waals surface area contributed by atoms with Crippen LogP contribution < -0.4 is 0 Å². The van der Waals surface area contributed by atoms with E-state index in [-0.39, 0.29) is 5.91 Å². The number of amides is 1. The third-order valence-corrected chi connectivity index (χ3v) is 5.36. The van der Waals surface area contributed by atoms with Crippen molar-refractivity contribution in [2.75, 3.05) is 13.6 Å². The molecule has 0 radical (unpaired) electrons. The van der Waals surface area contributed by atoms with Crippen LogP contribution >= 0.6 is 43.2 Å². The summed E-state index contributed by atoms with van der Waals surface area (Å²) < 4.78 is 1.89. The molecule has 1 aliphatic carbocycles. The lowest BCUT2D eigenvalue weighted by Crippen LogP contribution is -2.28. The highest BCUT2D eigenvalue weighted by atomic mass is 79.9. The lowest BCUT2D eigenvalue weighted by atomic mass is 10.2. The van der Waals surface area contributed by atoms with E-state index < -0.39 is 0 Å². The summed E-state index contributed by atoms with van der Waals surface area (Å²) in [4.78, 5) is 14.0. The standard InChI is InChI=1S/C11H13Br2NOS/c1-6-3-7(6)5-14(2)11(15)8-4-9(12)16-10(8)13/h4,6-7H,3,5H2,1-2H3. The van der Waals surface area contributed by atoms with Gasteiger partial charge in [-0.15, -0.1) is 11.3 Å². The van der Waals surface area contributed by atoms with Crippen molar-refractivity contribution in [3.05, 3.63) is 19.2 Å². The molecule has 1 aliphatic rings. The van der Waals surface area contributed by atoms with Crippen molar-refractivity contribution in [3.63, 3.8) is 0 Å². The van der Waals surface area contributed by atoms with Crippen LogP contribution in [0.2, 0.25) is 0 Å². The number of hydrogen-bond acceptors (Lipinski definition) is 2. The number of halogens is 2. The summed E-state index contributed by atoms with van der Waals surface area (Å²) in [7, 11) is 1.88. The van der Waals surface area contributed by atoms with Crippen LogP contribution in [0, 0.1) is 11.8 Å². The van der Waals surface area contributed by atoms with Gasteiger partial charge in [-0.3, -0.25) is 4.79 Å². The fourth-order valence-electron chi connectivity index (χ4n) is 1.78. The molecule has 88 valence electrons. The van der Waals surface area contributed by atoms with Crippen molar-refractivity contribution in [2.24, 2.45) is 11.8 Å². The van der Waals surface area contributed by atoms with Gasteiger partial charge in [0.05, 0.1) is 13.1 Å². The summed E-state index contributed by atoms with van der Waals surface area (Å²) in [6.07, 6.45) is 1.26. The molecular weight excluding hydrogens is 354 g/mol. The summed E-state index contributed by atoms with van der Waals surface area (Å²) in [6, 6.07) is 1.88. The second-order valence-electron chi connectivity index (χ2n) is 4.40. The maximum atomic E-state index is 12.1. The van der Waals surface area contributed by atoms with Crippen LogP contribution in [0.15, 0.2) is 13.6 Å². The average molecular weight is 367 g/mol. The predicted octanol–water partition coefficient (Wildman–Crippen LogP) is 4.00. The Morgan fingerprint density at radius 2 is 2.25 bits per heavy atom.